The van der Waals surface area contributed by atoms with Crippen molar-refractivity contribution >= 4 is 15.9 Å². The molecule has 2 fully saturated rings. The number of alkyl halides is 1. The largest absolute Gasteiger partial charge is 0.380 e. The van der Waals surface area contributed by atoms with Crippen LogP contribution >= 0.6 is 15.9 Å². The number of halogens is 1. The molecule has 0 aliphatic carbocycles. The number of likely N-dealkylation sites (tertiary alicyclic amines) is 1. The second kappa shape index (κ2) is 22.0. The minimum atomic E-state index is -0.942. The maximum Gasteiger partial charge on any atom is 0.117 e. The summed E-state index contributed by atoms with van der Waals surface area (Å²) < 4.78 is 0. The summed E-state index contributed by atoms with van der Waals surface area (Å²) in [6, 6.07) is 58.4. The van der Waals surface area contributed by atoms with Crippen LogP contribution in [0.3, 0.4) is 0 Å². The molecule has 2 saturated heterocycles. The first kappa shape index (κ1) is 48.1. The Hall–Kier alpha value is -4.36. The lowest BCUT2D eigenvalue weighted by atomic mass is 9.72. The lowest BCUT2D eigenvalue weighted by Gasteiger charge is -2.42. The zero-order chi connectivity index (χ0) is 44.9. The van der Waals surface area contributed by atoms with E-state index < -0.39 is 11.2 Å². The molecule has 0 unspecified atom stereocenters. The van der Waals surface area contributed by atoms with E-state index in [1.807, 2.05) is 97.1 Å². The number of hydrogen-bond donors (Lipinski definition) is 3. The minimum Gasteiger partial charge on any atom is -0.380 e. The SMILES string of the molecule is CC(C)(C)c1ccc(CBr)cc1.CC(C)(C)c1ccc(CN2CCC(C(O)(c3ccccc3)c3ccccc3)CC2)cc1.OC(c1ccccc1)(c1ccccc1)C1CCNCC1. The maximum absolute atomic E-state index is 12.0. The number of aliphatic hydroxyl groups is 2. The highest BCUT2D eigenvalue weighted by molar-refractivity contribution is 9.08. The lowest BCUT2D eigenvalue weighted by Crippen LogP contribution is -2.44. The molecular formula is C58H71BrN2O2. The molecule has 0 aromatic heterocycles. The third kappa shape index (κ3) is 12.5. The number of nitrogens with one attached hydrogen (secondary N) is 1. The highest BCUT2D eigenvalue weighted by Gasteiger charge is 2.42. The van der Waals surface area contributed by atoms with Crippen molar-refractivity contribution < 1.29 is 10.2 Å². The van der Waals surface area contributed by atoms with Gasteiger partial charge in [-0.3, -0.25) is 4.90 Å². The highest BCUT2D eigenvalue weighted by atomic mass is 79.9. The van der Waals surface area contributed by atoms with E-state index in [0.717, 1.165) is 86.0 Å². The molecule has 63 heavy (non-hydrogen) atoms. The normalized spacial score (nSPS) is 15.7. The fraction of sp³-hybridized carbons (Fsp3) is 0.379. The van der Waals surface area contributed by atoms with Gasteiger partial charge < -0.3 is 15.5 Å². The second-order valence-corrected chi connectivity index (χ2v) is 20.2. The zero-order valence-electron chi connectivity index (χ0n) is 38.6. The molecule has 0 radical (unpaired) electrons. The van der Waals surface area contributed by atoms with Crippen molar-refractivity contribution in [2.24, 2.45) is 11.8 Å². The van der Waals surface area contributed by atoms with Gasteiger partial charge in [0.05, 0.1) is 0 Å². The van der Waals surface area contributed by atoms with E-state index in [1.54, 1.807) is 0 Å². The molecule has 2 heterocycles. The average molecular weight is 908 g/mol. The van der Waals surface area contributed by atoms with E-state index in [2.05, 4.69) is 140 Å². The average Bonchev–Trinajstić information content (AvgIpc) is 3.33. The van der Waals surface area contributed by atoms with Gasteiger partial charge in [-0.25, -0.2) is 0 Å². The Morgan fingerprint density at radius 2 is 0.762 bits per heavy atom. The molecule has 2 aliphatic heterocycles. The molecule has 0 bridgehead atoms. The standard InChI is InChI=1S/C29H35NO.C18H21NO.C11H15Br/c1-28(2,3)24-16-14-23(15-17-24)22-30-20-18-27(19-21-30)29(31,25-10-6-4-7-11-25)26-12-8-5-9-13-26;20-18(15-7-3-1-4-8-15,16-9-5-2-6-10-16)17-11-13-19-14-12-17;1-11(2,3)10-6-4-9(8-12)5-7-10/h4-17,27,31H,18-22H2,1-3H3;1-10,17,19-20H,11-14H2;4-7H,8H2,1-3H3. The van der Waals surface area contributed by atoms with Gasteiger partial charge in [0.15, 0.2) is 0 Å². The Labute approximate surface area is 388 Å². The van der Waals surface area contributed by atoms with Crippen molar-refractivity contribution in [3.05, 3.63) is 214 Å². The molecule has 0 spiro atoms. The van der Waals surface area contributed by atoms with Crippen LogP contribution in [0.4, 0.5) is 0 Å². The van der Waals surface area contributed by atoms with Crippen molar-refractivity contribution in [1.82, 2.24) is 10.2 Å². The van der Waals surface area contributed by atoms with Crippen LogP contribution in [0.25, 0.3) is 0 Å². The Bertz CT molecular complexity index is 2120. The predicted octanol–water partition coefficient (Wildman–Crippen LogP) is 12.9. The molecule has 5 heteroatoms. The van der Waals surface area contributed by atoms with Crippen LogP contribution in [0.15, 0.2) is 170 Å². The van der Waals surface area contributed by atoms with Gasteiger partial charge in [-0.2, -0.15) is 0 Å². The van der Waals surface area contributed by atoms with E-state index >= 15 is 0 Å². The number of hydrogen-bond acceptors (Lipinski definition) is 4. The Morgan fingerprint density at radius 3 is 1.08 bits per heavy atom. The molecule has 0 saturated carbocycles. The monoisotopic (exact) mass is 906 g/mol. The Morgan fingerprint density at radius 1 is 0.444 bits per heavy atom. The smallest absolute Gasteiger partial charge is 0.117 e. The van der Waals surface area contributed by atoms with E-state index in [9.17, 15) is 10.2 Å². The summed E-state index contributed by atoms with van der Waals surface area (Å²) in [6.45, 7) is 18.4. The number of benzene rings is 6. The zero-order valence-corrected chi connectivity index (χ0v) is 40.2. The van der Waals surface area contributed by atoms with Gasteiger partial charge >= 0.3 is 0 Å². The first-order chi connectivity index (χ1) is 30.2. The molecule has 332 valence electrons. The van der Waals surface area contributed by atoms with Crippen molar-refractivity contribution in [2.45, 2.75) is 101 Å². The van der Waals surface area contributed by atoms with Crippen LogP contribution in [0.5, 0.6) is 0 Å². The van der Waals surface area contributed by atoms with Crippen LogP contribution in [0.2, 0.25) is 0 Å². The summed E-state index contributed by atoms with van der Waals surface area (Å²) in [5.74, 6) is 0.463. The van der Waals surface area contributed by atoms with Crippen LogP contribution in [-0.4, -0.2) is 41.3 Å². The quantitative estimate of drug-likeness (QED) is 0.127. The number of nitrogens with zero attached hydrogens (tertiary/aromatic N) is 1. The molecule has 4 nitrogen and oxygen atoms in total. The second-order valence-electron chi connectivity index (χ2n) is 19.6. The summed E-state index contributed by atoms with van der Waals surface area (Å²) in [5.41, 5.74) is 8.11. The van der Waals surface area contributed by atoms with Crippen LogP contribution in [0, 0.1) is 11.8 Å². The van der Waals surface area contributed by atoms with Crippen molar-refractivity contribution in [2.75, 3.05) is 26.2 Å². The van der Waals surface area contributed by atoms with Gasteiger partial charge in [0.2, 0.25) is 0 Å². The fourth-order valence-electron chi connectivity index (χ4n) is 9.26. The molecule has 2 aliphatic rings. The fourth-order valence-corrected chi connectivity index (χ4v) is 9.63. The number of piperidine rings is 2. The van der Waals surface area contributed by atoms with Crippen LogP contribution < -0.4 is 5.32 Å². The summed E-state index contributed by atoms with van der Waals surface area (Å²) in [4.78, 5) is 2.53. The predicted molar refractivity (Wildman–Crippen MR) is 268 cm³/mol. The van der Waals surface area contributed by atoms with Crippen LogP contribution in [-0.2, 0) is 33.9 Å². The molecular weight excluding hydrogens is 837 g/mol. The van der Waals surface area contributed by atoms with E-state index in [1.165, 1.54) is 22.3 Å². The molecule has 6 aromatic carbocycles. The molecule has 3 N–H and O–H groups in total. The van der Waals surface area contributed by atoms with Gasteiger partial charge in [0, 0.05) is 11.9 Å². The van der Waals surface area contributed by atoms with Crippen LogP contribution in [0.1, 0.15) is 112 Å². The maximum atomic E-state index is 12.0. The van der Waals surface area contributed by atoms with E-state index in [4.69, 9.17) is 0 Å². The van der Waals surface area contributed by atoms with E-state index in [-0.39, 0.29) is 22.7 Å². The lowest BCUT2D eigenvalue weighted by molar-refractivity contribution is -0.0152. The first-order valence-corrected chi connectivity index (χ1v) is 24.2. The van der Waals surface area contributed by atoms with Crippen molar-refractivity contribution in [3.63, 3.8) is 0 Å². The third-order valence-corrected chi connectivity index (χ3v) is 13.8. The molecule has 0 atom stereocenters. The van der Waals surface area contributed by atoms with Crippen molar-refractivity contribution in [1.29, 1.82) is 0 Å². The first-order valence-electron chi connectivity index (χ1n) is 23.1. The molecule has 6 aromatic rings. The summed E-state index contributed by atoms with van der Waals surface area (Å²) >= 11 is 3.43. The van der Waals surface area contributed by atoms with E-state index in [0.29, 0.717) is 0 Å². The Kier molecular flexibility index (Phi) is 16.8. The third-order valence-electron chi connectivity index (χ3n) is 13.2. The topological polar surface area (TPSA) is 55.7 Å². The van der Waals surface area contributed by atoms with Gasteiger partial charge in [-0.05, 0) is 119 Å². The Balaban J connectivity index is 0.000000176. The molecule has 8 rings (SSSR count). The highest BCUT2D eigenvalue weighted by Crippen LogP contribution is 2.43. The van der Waals surface area contributed by atoms with Gasteiger partial charge in [0.1, 0.15) is 11.2 Å². The summed E-state index contributed by atoms with van der Waals surface area (Å²) in [6.07, 6.45) is 3.97. The summed E-state index contributed by atoms with van der Waals surface area (Å²) in [5, 5.41) is 27.9. The van der Waals surface area contributed by atoms with Gasteiger partial charge in [0.25, 0.3) is 0 Å². The van der Waals surface area contributed by atoms with Gasteiger partial charge in [-0.1, -0.05) is 227 Å². The van der Waals surface area contributed by atoms with Crippen molar-refractivity contribution in [3.8, 4) is 0 Å². The van der Waals surface area contributed by atoms with Gasteiger partial charge in [-0.15, -0.1) is 0 Å². The molecule has 0 amide bonds. The summed E-state index contributed by atoms with van der Waals surface area (Å²) in [7, 11) is 0. The minimum absolute atomic E-state index is 0.191. The number of rotatable bonds is 9.